The summed E-state index contributed by atoms with van der Waals surface area (Å²) in [5.41, 5.74) is 5.35. The smallest absolute Gasteiger partial charge is 0.472 e. The van der Waals surface area contributed by atoms with Gasteiger partial charge in [0.25, 0.3) is 0 Å². The fourth-order valence-corrected chi connectivity index (χ4v) is 6.09. The zero-order valence-corrected chi connectivity index (χ0v) is 35.4. The average molecular weight is 792 g/mol. The predicted octanol–water partition coefficient (Wildman–Crippen LogP) is 11.8. The summed E-state index contributed by atoms with van der Waals surface area (Å²) in [4.78, 5) is 22.2. The highest BCUT2D eigenvalue weighted by molar-refractivity contribution is 7.47. The van der Waals surface area contributed by atoms with Gasteiger partial charge < -0.3 is 25.2 Å². The van der Waals surface area contributed by atoms with E-state index in [1.807, 2.05) is 42.5 Å². The van der Waals surface area contributed by atoms with E-state index in [9.17, 15) is 19.4 Å². The summed E-state index contributed by atoms with van der Waals surface area (Å²) in [7, 11) is -4.30. The van der Waals surface area contributed by atoms with E-state index in [0.717, 1.165) is 38.5 Å². The number of carbonyl (C=O) groups excluding carboxylic acids is 1. The van der Waals surface area contributed by atoms with Crippen LogP contribution in [-0.4, -0.2) is 54.5 Å². The average Bonchev–Trinajstić information content (AvgIpc) is 3.17. The number of allylic oxidation sites excluding steroid dienone is 11. The Balaban J connectivity index is 4.29. The van der Waals surface area contributed by atoms with Gasteiger partial charge in [-0.2, -0.15) is 0 Å². The van der Waals surface area contributed by atoms with E-state index in [0.29, 0.717) is 12.8 Å². The van der Waals surface area contributed by atoms with Crippen molar-refractivity contribution in [2.75, 3.05) is 26.4 Å². The van der Waals surface area contributed by atoms with Crippen molar-refractivity contribution in [3.63, 3.8) is 0 Å². The third-order valence-corrected chi connectivity index (χ3v) is 9.49. The summed E-state index contributed by atoms with van der Waals surface area (Å²) in [6, 6.07) is 0. The van der Waals surface area contributed by atoms with Crippen molar-refractivity contribution >= 4 is 13.8 Å². The van der Waals surface area contributed by atoms with Crippen LogP contribution in [0.4, 0.5) is 0 Å². The summed E-state index contributed by atoms with van der Waals surface area (Å²) >= 11 is 0. The van der Waals surface area contributed by atoms with Gasteiger partial charge in [0.15, 0.2) is 6.10 Å². The minimum atomic E-state index is -4.30. The monoisotopic (exact) mass is 792 g/mol. The van der Waals surface area contributed by atoms with Gasteiger partial charge in [0, 0.05) is 13.0 Å². The molecule has 3 atom stereocenters. The Morgan fingerprint density at radius 3 is 1.89 bits per heavy atom. The van der Waals surface area contributed by atoms with Crippen molar-refractivity contribution in [2.24, 2.45) is 5.73 Å². The molecule has 0 saturated heterocycles. The highest BCUT2D eigenvalue weighted by atomic mass is 31.2. The van der Waals surface area contributed by atoms with Gasteiger partial charge >= 0.3 is 13.8 Å². The molecule has 0 fully saturated rings. The fraction of sp³-hybridized carbons (Fsp3) is 0.667. The first-order valence-corrected chi connectivity index (χ1v) is 22.7. The Labute approximate surface area is 335 Å². The molecule has 55 heavy (non-hydrogen) atoms. The second-order valence-electron chi connectivity index (χ2n) is 13.7. The SMILES string of the molecule is CC/C=C\C/C=C\CC(O)/C=C/C=C\C/C=C\C/C=C\CCC(=O)OC[C@H](COP(=O)(O)OCCN)O/C=C/CCCCCCCCCCCCCCCC. The van der Waals surface area contributed by atoms with Crippen LogP contribution >= 0.6 is 7.82 Å². The normalized spacial score (nSPS) is 14.9. The van der Waals surface area contributed by atoms with Crippen molar-refractivity contribution < 1.29 is 37.9 Å². The maximum absolute atomic E-state index is 12.4. The zero-order valence-electron chi connectivity index (χ0n) is 34.5. The molecule has 2 unspecified atom stereocenters. The highest BCUT2D eigenvalue weighted by Crippen LogP contribution is 2.43. The number of esters is 1. The lowest BCUT2D eigenvalue weighted by atomic mass is 10.0. The zero-order chi connectivity index (χ0) is 40.3. The van der Waals surface area contributed by atoms with Crippen LogP contribution in [0.5, 0.6) is 0 Å². The van der Waals surface area contributed by atoms with Crippen LogP contribution in [0.15, 0.2) is 85.3 Å². The van der Waals surface area contributed by atoms with Gasteiger partial charge in [0.2, 0.25) is 0 Å². The van der Waals surface area contributed by atoms with Crippen LogP contribution < -0.4 is 5.73 Å². The summed E-state index contributed by atoms with van der Waals surface area (Å²) in [5, 5.41) is 9.99. The van der Waals surface area contributed by atoms with E-state index in [1.54, 1.807) is 12.3 Å². The second kappa shape index (κ2) is 41.1. The first kappa shape index (κ1) is 52.5. The molecule has 0 saturated carbocycles. The molecule has 10 heteroatoms. The molecule has 0 rings (SSSR count). The lowest BCUT2D eigenvalue weighted by molar-refractivity contribution is -0.147. The molecule has 0 bridgehead atoms. The Bertz CT molecular complexity index is 1130. The number of phosphoric ester groups is 1. The number of ether oxygens (including phenoxy) is 2. The third-order valence-electron chi connectivity index (χ3n) is 8.51. The molecule has 0 spiro atoms. The molecular weight excluding hydrogens is 713 g/mol. The van der Waals surface area contributed by atoms with Gasteiger partial charge in [-0.05, 0) is 57.4 Å². The molecular formula is C45H78NO8P. The number of nitrogens with two attached hydrogens (primary N) is 1. The van der Waals surface area contributed by atoms with Crippen molar-refractivity contribution in [1.29, 1.82) is 0 Å². The van der Waals surface area contributed by atoms with Gasteiger partial charge in [-0.1, -0.05) is 170 Å². The quantitative estimate of drug-likeness (QED) is 0.0139. The van der Waals surface area contributed by atoms with Crippen molar-refractivity contribution in [2.45, 2.75) is 167 Å². The lowest BCUT2D eigenvalue weighted by Crippen LogP contribution is -2.25. The molecule has 0 heterocycles. The van der Waals surface area contributed by atoms with E-state index in [-0.39, 0.29) is 32.8 Å². The number of rotatable bonds is 39. The van der Waals surface area contributed by atoms with Crippen LogP contribution in [0.1, 0.15) is 155 Å². The minimum absolute atomic E-state index is 0.0798. The Hall–Kier alpha value is -2.52. The number of unbranched alkanes of at least 4 members (excludes halogenated alkanes) is 14. The largest absolute Gasteiger partial charge is 0.492 e. The minimum Gasteiger partial charge on any atom is -0.492 e. The van der Waals surface area contributed by atoms with E-state index in [1.165, 1.54) is 83.5 Å². The van der Waals surface area contributed by atoms with Crippen molar-refractivity contribution in [3.8, 4) is 0 Å². The van der Waals surface area contributed by atoms with E-state index < -0.39 is 26.0 Å². The molecule has 0 radical (unpaired) electrons. The van der Waals surface area contributed by atoms with E-state index in [2.05, 4.69) is 44.2 Å². The van der Waals surface area contributed by atoms with Gasteiger partial charge in [-0.15, -0.1) is 0 Å². The Kier molecular flexibility index (Phi) is 39.2. The van der Waals surface area contributed by atoms with Crippen LogP contribution in [-0.2, 0) is 27.9 Å². The third kappa shape index (κ3) is 40.9. The Morgan fingerprint density at radius 2 is 1.25 bits per heavy atom. The number of hydrogen-bond donors (Lipinski definition) is 3. The number of aliphatic hydroxyl groups excluding tert-OH is 1. The molecule has 0 aromatic rings. The molecule has 0 aliphatic heterocycles. The molecule has 0 amide bonds. The molecule has 0 aliphatic carbocycles. The first-order valence-electron chi connectivity index (χ1n) is 21.2. The van der Waals surface area contributed by atoms with Crippen LogP contribution in [0, 0.1) is 0 Å². The standard InChI is InChI=1S/C45H78NO8P/c1-3-5-7-9-11-12-13-14-15-16-17-20-23-26-30-34-39-51-44(42-54-55(49,50)53-40-38-46)41-52-45(48)37-33-29-25-22-19-18-21-24-28-32-36-43(47)35-31-27-10-8-6-4-2/h6,8,18-19,24-25,27-29,31-32,34,36,39,43-44,47H,3-5,7,9-17,20-23,26,30,33,35,37-38,40-42,46H2,1-2H3,(H,49,50)/b8-6-,19-18-,28-24-,29-25-,31-27-,36-32+,39-34+/t43?,44-/m1/s1. The van der Waals surface area contributed by atoms with E-state index in [4.69, 9.17) is 24.3 Å². The van der Waals surface area contributed by atoms with E-state index >= 15 is 0 Å². The first-order chi connectivity index (χ1) is 26.8. The predicted molar refractivity (Wildman–Crippen MR) is 230 cm³/mol. The molecule has 316 valence electrons. The van der Waals surface area contributed by atoms with Crippen LogP contribution in [0.25, 0.3) is 0 Å². The van der Waals surface area contributed by atoms with Gasteiger partial charge in [-0.25, -0.2) is 4.57 Å². The second-order valence-corrected chi connectivity index (χ2v) is 15.2. The topological polar surface area (TPSA) is 138 Å². The molecule has 4 N–H and O–H groups in total. The number of hydrogen-bond acceptors (Lipinski definition) is 8. The maximum atomic E-state index is 12.4. The molecule has 0 aromatic heterocycles. The summed E-state index contributed by atoms with van der Waals surface area (Å²) in [6.07, 6.45) is 50.3. The van der Waals surface area contributed by atoms with Crippen LogP contribution in [0.2, 0.25) is 0 Å². The van der Waals surface area contributed by atoms with Crippen molar-refractivity contribution in [3.05, 3.63) is 85.3 Å². The van der Waals surface area contributed by atoms with Crippen LogP contribution in [0.3, 0.4) is 0 Å². The number of aliphatic hydroxyl groups is 1. The van der Waals surface area contributed by atoms with Gasteiger partial charge in [-0.3, -0.25) is 13.8 Å². The van der Waals surface area contributed by atoms with Crippen molar-refractivity contribution in [1.82, 2.24) is 0 Å². The molecule has 9 nitrogen and oxygen atoms in total. The molecule has 0 aliphatic rings. The summed E-state index contributed by atoms with van der Waals surface area (Å²) < 4.78 is 33.1. The van der Waals surface area contributed by atoms with Gasteiger partial charge in [0.1, 0.15) is 6.61 Å². The summed E-state index contributed by atoms with van der Waals surface area (Å²) in [5.74, 6) is -0.393. The highest BCUT2D eigenvalue weighted by Gasteiger charge is 2.24. The Morgan fingerprint density at radius 1 is 0.673 bits per heavy atom. The fourth-order valence-electron chi connectivity index (χ4n) is 5.33. The number of phosphoric acid groups is 1. The maximum Gasteiger partial charge on any atom is 0.472 e. The van der Waals surface area contributed by atoms with Gasteiger partial charge in [0.05, 0.1) is 25.6 Å². The lowest BCUT2D eigenvalue weighted by Gasteiger charge is -2.19. The summed E-state index contributed by atoms with van der Waals surface area (Å²) in [6.45, 7) is 3.92. The number of carbonyl (C=O) groups is 1. The molecule has 0 aromatic carbocycles.